The molecule has 0 fully saturated rings. The Hall–Kier alpha value is -4.60. The summed E-state index contributed by atoms with van der Waals surface area (Å²) in [5.41, 5.74) is -0.456. The van der Waals surface area contributed by atoms with Gasteiger partial charge in [0.2, 0.25) is 11.2 Å². The molecule has 4 rings (SSSR count). The number of ether oxygens (including phenoxy) is 2. The summed E-state index contributed by atoms with van der Waals surface area (Å²) in [6.45, 7) is 8.56. The van der Waals surface area contributed by atoms with Crippen molar-refractivity contribution in [3.8, 4) is 11.5 Å². The molecule has 0 aliphatic heterocycles. The lowest BCUT2D eigenvalue weighted by Crippen LogP contribution is -2.31. The zero-order chi connectivity index (χ0) is 26.4. The highest BCUT2D eigenvalue weighted by Crippen LogP contribution is 2.21. The SMILES string of the molecule is C=Cc1c(/C=C/OCc2nc3c(c(=O)[nH]c(=O)n3CCCC)n2CC)occ(Oc2ccccc2)c1=O. The highest BCUT2D eigenvalue weighted by Gasteiger charge is 2.18. The van der Waals surface area contributed by atoms with Gasteiger partial charge in [-0.3, -0.25) is 19.1 Å². The Kier molecular flexibility index (Phi) is 7.87. The summed E-state index contributed by atoms with van der Waals surface area (Å²) in [5.74, 6) is 1.28. The molecule has 4 aromatic rings. The van der Waals surface area contributed by atoms with Crippen LogP contribution in [0.2, 0.25) is 0 Å². The third-order valence-corrected chi connectivity index (χ3v) is 5.75. The fraction of sp³-hybridized carbons (Fsp3) is 0.259. The first kappa shape index (κ1) is 25.5. The minimum atomic E-state index is -0.487. The van der Waals surface area contributed by atoms with Crippen LogP contribution in [0.1, 0.15) is 43.8 Å². The van der Waals surface area contributed by atoms with Crippen molar-refractivity contribution in [2.45, 2.75) is 46.4 Å². The van der Waals surface area contributed by atoms with Crippen LogP contribution in [0, 0.1) is 0 Å². The van der Waals surface area contributed by atoms with Gasteiger partial charge in [0.15, 0.2) is 11.2 Å². The Bertz CT molecular complexity index is 1610. The van der Waals surface area contributed by atoms with E-state index in [2.05, 4.69) is 16.5 Å². The van der Waals surface area contributed by atoms with E-state index in [9.17, 15) is 14.4 Å². The van der Waals surface area contributed by atoms with E-state index in [1.807, 2.05) is 19.9 Å². The Morgan fingerprint density at radius 3 is 2.62 bits per heavy atom. The lowest BCUT2D eigenvalue weighted by atomic mass is 10.2. The summed E-state index contributed by atoms with van der Waals surface area (Å²) in [6, 6.07) is 8.90. The molecule has 10 heteroatoms. The van der Waals surface area contributed by atoms with E-state index in [0.717, 1.165) is 12.8 Å². The van der Waals surface area contributed by atoms with Crippen molar-refractivity contribution in [2.24, 2.45) is 0 Å². The van der Waals surface area contributed by atoms with E-state index in [0.29, 0.717) is 35.8 Å². The summed E-state index contributed by atoms with van der Waals surface area (Å²) in [6.07, 6.45) is 7.16. The number of benzene rings is 1. The molecular weight excluding hydrogens is 476 g/mol. The normalized spacial score (nSPS) is 11.3. The second-order valence-corrected chi connectivity index (χ2v) is 8.15. The Morgan fingerprint density at radius 2 is 1.92 bits per heavy atom. The number of imidazole rings is 1. The number of unbranched alkanes of at least 4 members (excludes halogenated alkanes) is 1. The van der Waals surface area contributed by atoms with Gasteiger partial charge in [0.1, 0.15) is 30.2 Å². The summed E-state index contributed by atoms with van der Waals surface area (Å²) >= 11 is 0. The molecule has 0 atom stereocenters. The number of H-pyrrole nitrogens is 1. The highest BCUT2D eigenvalue weighted by molar-refractivity contribution is 5.71. The van der Waals surface area contributed by atoms with Crippen LogP contribution in [0.4, 0.5) is 0 Å². The molecule has 10 nitrogen and oxygen atoms in total. The van der Waals surface area contributed by atoms with Gasteiger partial charge < -0.3 is 18.5 Å². The largest absolute Gasteiger partial charge is 0.493 e. The maximum absolute atomic E-state index is 12.8. The van der Waals surface area contributed by atoms with Crippen molar-refractivity contribution >= 4 is 23.3 Å². The summed E-state index contributed by atoms with van der Waals surface area (Å²) in [4.78, 5) is 44.6. The number of hydrogen-bond acceptors (Lipinski definition) is 7. The third-order valence-electron chi connectivity index (χ3n) is 5.75. The minimum Gasteiger partial charge on any atom is -0.493 e. The van der Waals surface area contributed by atoms with Gasteiger partial charge in [-0.1, -0.05) is 44.2 Å². The van der Waals surface area contributed by atoms with E-state index in [1.165, 1.54) is 29.2 Å². The van der Waals surface area contributed by atoms with Crippen molar-refractivity contribution in [3.05, 3.63) is 97.6 Å². The fourth-order valence-corrected chi connectivity index (χ4v) is 3.91. The van der Waals surface area contributed by atoms with Gasteiger partial charge in [-0.15, -0.1) is 0 Å². The van der Waals surface area contributed by atoms with Gasteiger partial charge in [-0.25, -0.2) is 9.78 Å². The second kappa shape index (κ2) is 11.4. The maximum atomic E-state index is 12.8. The molecule has 3 aromatic heterocycles. The number of nitrogens with one attached hydrogen (secondary N) is 1. The number of rotatable bonds is 11. The molecule has 0 saturated carbocycles. The molecule has 0 aliphatic carbocycles. The van der Waals surface area contributed by atoms with Crippen LogP contribution in [-0.2, 0) is 24.4 Å². The quantitative estimate of drug-likeness (QED) is 0.303. The second-order valence-electron chi connectivity index (χ2n) is 8.15. The monoisotopic (exact) mass is 504 g/mol. The average Bonchev–Trinajstić information content (AvgIpc) is 3.27. The number of aryl methyl sites for hydroxylation is 2. The topological polar surface area (TPSA) is 121 Å². The molecule has 1 aromatic carbocycles. The summed E-state index contributed by atoms with van der Waals surface area (Å²) in [7, 11) is 0. The van der Waals surface area contributed by atoms with Gasteiger partial charge in [-0.05, 0) is 25.5 Å². The molecule has 0 radical (unpaired) electrons. The van der Waals surface area contributed by atoms with E-state index < -0.39 is 11.2 Å². The van der Waals surface area contributed by atoms with Crippen molar-refractivity contribution < 1.29 is 13.9 Å². The molecule has 192 valence electrons. The predicted molar refractivity (Wildman–Crippen MR) is 141 cm³/mol. The van der Waals surface area contributed by atoms with Crippen LogP contribution < -0.4 is 21.4 Å². The number of fused-ring (bicyclic) bond motifs is 1. The minimum absolute atomic E-state index is 0.0310. The number of aromatic amines is 1. The van der Waals surface area contributed by atoms with Crippen molar-refractivity contribution in [1.29, 1.82) is 0 Å². The van der Waals surface area contributed by atoms with Gasteiger partial charge in [0.25, 0.3) is 5.56 Å². The van der Waals surface area contributed by atoms with E-state index in [-0.39, 0.29) is 29.1 Å². The number of aromatic nitrogens is 4. The molecule has 0 aliphatic rings. The standard InChI is InChI=1S/C27H28N4O6/c1-4-7-14-31-25-23(26(33)29-27(31)34)30(6-3)22(28-25)17-35-15-13-20-19(5-2)24(32)21(16-36-20)37-18-11-9-8-10-12-18/h5,8-13,15-16H,2,4,6-7,14,17H2,1,3H3,(H,29,33,34)/b15-13+. The lowest BCUT2D eigenvalue weighted by molar-refractivity contribution is 0.226. The van der Waals surface area contributed by atoms with E-state index >= 15 is 0 Å². The maximum Gasteiger partial charge on any atom is 0.330 e. The van der Waals surface area contributed by atoms with Crippen molar-refractivity contribution in [3.63, 3.8) is 0 Å². The highest BCUT2D eigenvalue weighted by atomic mass is 16.5. The van der Waals surface area contributed by atoms with Crippen LogP contribution in [0.3, 0.4) is 0 Å². The predicted octanol–water partition coefficient (Wildman–Crippen LogP) is 4.28. The van der Waals surface area contributed by atoms with Gasteiger partial charge in [-0.2, -0.15) is 0 Å². The molecule has 0 spiro atoms. The molecule has 0 unspecified atom stereocenters. The molecular formula is C27H28N4O6. The zero-order valence-electron chi connectivity index (χ0n) is 20.7. The average molecular weight is 505 g/mol. The third kappa shape index (κ3) is 5.32. The van der Waals surface area contributed by atoms with Crippen molar-refractivity contribution in [2.75, 3.05) is 0 Å². The van der Waals surface area contributed by atoms with Crippen LogP contribution in [-0.4, -0.2) is 19.1 Å². The Morgan fingerprint density at radius 1 is 1.14 bits per heavy atom. The molecule has 0 bridgehead atoms. The van der Waals surface area contributed by atoms with Gasteiger partial charge in [0, 0.05) is 19.2 Å². The van der Waals surface area contributed by atoms with Crippen LogP contribution in [0.5, 0.6) is 11.5 Å². The molecule has 1 N–H and O–H groups in total. The van der Waals surface area contributed by atoms with Gasteiger partial charge >= 0.3 is 5.69 Å². The molecule has 37 heavy (non-hydrogen) atoms. The molecule has 0 amide bonds. The Labute approximate surface area is 212 Å². The lowest BCUT2D eigenvalue weighted by Gasteiger charge is -2.07. The van der Waals surface area contributed by atoms with Crippen LogP contribution in [0.15, 0.2) is 68.2 Å². The van der Waals surface area contributed by atoms with Crippen molar-refractivity contribution in [1.82, 2.24) is 19.1 Å². The first-order valence-corrected chi connectivity index (χ1v) is 12.0. The Balaban J connectivity index is 1.56. The molecule has 0 saturated heterocycles. The van der Waals surface area contributed by atoms with Crippen LogP contribution in [0.25, 0.3) is 23.3 Å². The number of nitrogens with zero attached hydrogens (tertiary/aromatic N) is 3. The fourth-order valence-electron chi connectivity index (χ4n) is 3.91. The number of para-hydroxylation sites is 1. The number of hydrogen-bond donors (Lipinski definition) is 1. The summed E-state index contributed by atoms with van der Waals surface area (Å²) < 4.78 is 20.1. The zero-order valence-corrected chi connectivity index (χ0v) is 20.7. The first-order chi connectivity index (χ1) is 18.0. The molecule has 3 heterocycles. The van der Waals surface area contributed by atoms with E-state index in [1.54, 1.807) is 28.8 Å². The van der Waals surface area contributed by atoms with Crippen LogP contribution >= 0.6 is 0 Å². The first-order valence-electron chi connectivity index (χ1n) is 12.0. The smallest absolute Gasteiger partial charge is 0.330 e. The summed E-state index contributed by atoms with van der Waals surface area (Å²) in [5, 5.41) is 0. The van der Waals surface area contributed by atoms with Gasteiger partial charge in [0.05, 0.1) is 11.8 Å². The van der Waals surface area contributed by atoms with E-state index in [4.69, 9.17) is 13.9 Å².